The molecule has 1 amide bonds. The number of carboxylic acid groups (broad SMARTS) is 1. The van der Waals surface area contributed by atoms with Gasteiger partial charge in [0.25, 0.3) is 11.5 Å². The van der Waals surface area contributed by atoms with E-state index < -0.39 is 45.5 Å². The van der Waals surface area contributed by atoms with Crippen LogP contribution in [0.1, 0.15) is 16.9 Å². The molecule has 0 saturated carbocycles. The third kappa shape index (κ3) is 3.66. The number of carboxylic acids is 1. The van der Waals surface area contributed by atoms with Gasteiger partial charge in [-0.1, -0.05) is 0 Å². The number of hydrogen-bond acceptors (Lipinski definition) is 6. The molecule has 0 aromatic carbocycles. The standard InChI is InChI=1S/C11H13N3O6S/c15-9-2-1-8(12-13-9)11(18)14-3-4-21(19,20)6-7(14)5-10(16)17/h1-2,7H,3-6H2,(H,13,15)(H,16,17). The van der Waals surface area contributed by atoms with Gasteiger partial charge in [0.2, 0.25) is 0 Å². The van der Waals surface area contributed by atoms with E-state index in [4.69, 9.17) is 5.11 Å². The molecule has 21 heavy (non-hydrogen) atoms. The van der Waals surface area contributed by atoms with Crippen molar-refractivity contribution in [3.05, 3.63) is 28.2 Å². The third-order valence-electron chi connectivity index (χ3n) is 3.10. The van der Waals surface area contributed by atoms with Gasteiger partial charge in [-0.2, -0.15) is 5.10 Å². The van der Waals surface area contributed by atoms with Crippen molar-refractivity contribution in [1.82, 2.24) is 15.1 Å². The average Bonchev–Trinajstić information content (AvgIpc) is 2.37. The van der Waals surface area contributed by atoms with Crippen LogP contribution in [-0.4, -0.2) is 64.6 Å². The van der Waals surface area contributed by atoms with Crippen LogP contribution in [0.4, 0.5) is 0 Å². The van der Waals surface area contributed by atoms with E-state index in [1.807, 2.05) is 0 Å². The van der Waals surface area contributed by atoms with E-state index in [-0.39, 0.29) is 18.0 Å². The number of carbonyl (C=O) groups excluding carboxylic acids is 1. The number of carbonyl (C=O) groups is 2. The van der Waals surface area contributed by atoms with Gasteiger partial charge in [0.15, 0.2) is 9.84 Å². The van der Waals surface area contributed by atoms with E-state index in [0.29, 0.717) is 0 Å². The number of hydrogen-bond donors (Lipinski definition) is 2. The van der Waals surface area contributed by atoms with Crippen molar-refractivity contribution in [1.29, 1.82) is 0 Å². The summed E-state index contributed by atoms with van der Waals surface area (Å²) in [7, 11) is -3.37. The molecular weight excluding hydrogens is 302 g/mol. The number of sulfone groups is 1. The molecular formula is C11H13N3O6S. The second-order valence-corrected chi connectivity index (χ2v) is 6.90. The van der Waals surface area contributed by atoms with Crippen LogP contribution in [0.25, 0.3) is 0 Å². The van der Waals surface area contributed by atoms with E-state index in [2.05, 4.69) is 10.2 Å². The highest BCUT2D eigenvalue weighted by molar-refractivity contribution is 7.91. The summed E-state index contributed by atoms with van der Waals surface area (Å²) in [5.74, 6) is -2.41. The average molecular weight is 315 g/mol. The van der Waals surface area contributed by atoms with Crippen LogP contribution >= 0.6 is 0 Å². The first kappa shape index (κ1) is 15.2. The molecule has 10 heteroatoms. The third-order valence-corrected chi connectivity index (χ3v) is 4.80. The molecule has 2 heterocycles. The molecule has 1 aromatic heterocycles. The minimum absolute atomic E-state index is 0.0655. The van der Waals surface area contributed by atoms with Gasteiger partial charge < -0.3 is 10.0 Å². The highest BCUT2D eigenvalue weighted by Gasteiger charge is 2.36. The molecule has 1 saturated heterocycles. The summed E-state index contributed by atoms with van der Waals surface area (Å²) < 4.78 is 23.2. The van der Waals surface area contributed by atoms with Crippen molar-refractivity contribution < 1.29 is 23.1 Å². The summed E-state index contributed by atoms with van der Waals surface area (Å²) in [6.45, 7) is -0.0973. The topological polar surface area (TPSA) is 138 Å². The minimum Gasteiger partial charge on any atom is -0.481 e. The van der Waals surface area contributed by atoms with Gasteiger partial charge >= 0.3 is 5.97 Å². The maximum Gasteiger partial charge on any atom is 0.305 e. The minimum atomic E-state index is -3.37. The summed E-state index contributed by atoms with van der Waals surface area (Å²) in [6.07, 6.45) is -0.464. The van der Waals surface area contributed by atoms with Gasteiger partial charge in [0, 0.05) is 12.6 Å². The molecule has 2 rings (SSSR count). The van der Waals surface area contributed by atoms with Crippen LogP contribution in [0, 0.1) is 0 Å². The molecule has 9 nitrogen and oxygen atoms in total. The zero-order chi connectivity index (χ0) is 15.6. The van der Waals surface area contributed by atoms with Gasteiger partial charge in [-0.25, -0.2) is 13.5 Å². The van der Waals surface area contributed by atoms with Crippen LogP contribution in [0.5, 0.6) is 0 Å². The normalized spacial score (nSPS) is 21.0. The van der Waals surface area contributed by atoms with Crippen molar-refractivity contribution in [2.45, 2.75) is 12.5 Å². The predicted octanol–water partition coefficient (Wildman–Crippen LogP) is -1.52. The zero-order valence-corrected chi connectivity index (χ0v) is 11.7. The van der Waals surface area contributed by atoms with Crippen molar-refractivity contribution in [3.8, 4) is 0 Å². The summed E-state index contributed by atoms with van der Waals surface area (Å²) in [6, 6.07) is 1.39. The van der Waals surface area contributed by atoms with Crippen LogP contribution in [0.3, 0.4) is 0 Å². The van der Waals surface area contributed by atoms with Crippen molar-refractivity contribution in [3.63, 3.8) is 0 Å². The first-order chi connectivity index (χ1) is 9.78. The highest BCUT2D eigenvalue weighted by Crippen LogP contribution is 2.17. The lowest BCUT2D eigenvalue weighted by atomic mass is 10.2. The van der Waals surface area contributed by atoms with Gasteiger partial charge in [-0.05, 0) is 6.07 Å². The lowest BCUT2D eigenvalue weighted by Crippen LogP contribution is -2.52. The number of amides is 1. The smallest absolute Gasteiger partial charge is 0.305 e. The molecule has 1 unspecified atom stereocenters. The van der Waals surface area contributed by atoms with Crippen LogP contribution < -0.4 is 5.56 Å². The number of aromatic amines is 1. The first-order valence-corrected chi connectivity index (χ1v) is 7.89. The Kier molecular flexibility index (Phi) is 4.07. The molecule has 1 aliphatic heterocycles. The number of aromatic nitrogens is 2. The maximum atomic E-state index is 12.3. The fourth-order valence-corrected chi connectivity index (χ4v) is 3.66. The number of nitrogens with one attached hydrogen (secondary N) is 1. The number of rotatable bonds is 3. The summed E-state index contributed by atoms with van der Waals surface area (Å²) in [4.78, 5) is 35.2. The van der Waals surface area contributed by atoms with Gasteiger partial charge in [0.1, 0.15) is 5.69 Å². The van der Waals surface area contributed by atoms with E-state index in [1.165, 1.54) is 11.0 Å². The number of nitrogens with zero attached hydrogens (tertiary/aromatic N) is 2. The van der Waals surface area contributed by atoms with Gasteiger partial charge in [-0.3, -0.25) is 14.4 Å². The lowest BCUT2D eigenvalue weighted by molar-refractivity contribution is -0.138. The molecule has 0 radical (unpaired) electrons. The van der Waals surface area contributed by atoms with E-state index >= 15 is 0 Å². The van der Waals surface area contributed by atoms with E-state index in [1.54, 1.807) is 0 Å². The monoisotopic (exact) mass is 315 g/mol. The molecule has 1 atom stereocenters. The Morgan fingerprint density at radius 3 is 2.71 bits per heavy atom. The fraction of sp³-hybridized carbons (Fsp3) is 0.455. The molecule has 1 aromatic rings. The zero-order valence-electron chi connectivity index (χ0n) is 10.9. The largest absolute Gasteiger partial charge is 0.481 e. The molecule has 1 fully saturated rings. The fourth-order valence-electron chi connectivity index (χ4n) is 2.14. The molecule has 0 bridgehead atoms. The predicted molar refractivity (Wildman–Crippen MR) is 70.6 cm³/mol. The number of aliphatic carboxylic acids is 1. The van der Waals surface area contributed by atoms with Gasteiger partial charge in [-0.15, -0.1) is 0 Å². The molecule has 0 aliphatic carbocycles. The molecule has 1 aliphatic rings. The van der Waals surface area contributed by atoms with Crippen molar-refractivity contribution in [2.24, 2.45) is 0 Å². The lowest BCUT2D eigenvalue weighted by Gasteiger charge is -2.34. The second kappa shape index (κ2) is 5.64. The second-order valence-electron chi connectivity index (χ2n) is 4.67. The quantitative estimate of drug-likeness (QED) is 0.691. The van der Waals surface area contributed by atoms with E-state index in [9.17, 15) is 22.8 Å². The van der Waals surface area contributed by atoms with Crippen molar-refractivity contribution >= 4 is 21.7 Å². The summed E-state index contributed by atoms with van der Waals surface area (Å²) in [5.41, 5.74) is -0.542. The Morgan fingerprint density at radius 1 is 1.43 bits per heavy atom. The molecule has 0 spiro atoms. The van der Waals surface area contributed by atoms with Crippen LogP contribution in [0.2, 0.25) is 0 Å². The SMILES string of the molecule is O=C(O)CC1CS(=O)(=O)CCN1C(=O)c1ccc(=O)[nH]n1. The highest BCUT2D eigenvalue weighted by atomic mass is 32.2. The Balaban J connectivity index is 2.26. The first-order valence-electron chi connectivity index (χ1n) is 6.07. The Bertz CT molecular complexity index is 705. The Morgan fingerprint density at radius 2 is 2.14 bits per heavy atom. The number of H-pyrrole nitrogens is 1. The summed E-state index contributed by atoms with van der Waals surface area (Å²) >= 11 is 0. The van der Waals surface area contributed by atoms with Crippen molar-refractivity contribution in [2.75, 3.05) is 18.1 Å². The molecule has 2 N–H and O–H groups in total. The molecule has 114 valence electrons. The van der Waals surface area contributed by atoms with Gasteiger partial charge in [0.05, 0.1) is 24.0 Å². The van der Waals surface area contributed by atoms with Crippen LogP contribution in [-0.2, 0) is 14.6 Å². The maximum absolute atomic E-state index is 12.3. The van der Waals surface area contributed by atoms with Crippen LogP contribution in [0.15, 0.2) is 16.9 Å². The Labute approximate surface area is 119 Å². The summed E-state index contributed by atoms with van der Waals surface area (Å²) in [5, 5.41) is 14.5. The Hall–Kier alpha value is -2.23. The van der Waals surface area contributed by atoms with E-state index in [0.717, 1.165) is 6.07 Å².